The maximum absolute atomic E-state index is 12.4. The Morgan fingerprint density at radius 1 is 0.800 bits per heavy atom. The number of imidazole rings is 1. The third-order valence-corrected chi connectivity index (χ3v) is 12.5. The van der Waals surface area contributed by atoms with Gasteiger partial charge in [-0.15, -0.1) is 17.0 Å². The van der Waals surface area contributed by atoms with E-state index in [9.17, 15) is 33.9 Å². The molecule has 21 heteroatoms. The monoisotopic (exact) mass is 1100 g/mol. The molecule has 6 aromatic rings. The van der Waals surface area contributed by atoms with E-state index in [1.807, 2.05) is 42.6 Å². The van der Waals surface area contributed by atoms with Gasteiger partial charge < -0.3 is 44.7 Å². The van der Waals surface area contributed by atoms with Crippen molar-refractivity contribution in [3.8, 4) is 0 Å². The minimum atomic E-state index is -1.26. The summed E-state index contributed by atoms with van der Waals surface area (Å²) in [6.45, 7) is 3.01. The molecular formula is C54H67BrN8O12. The van der Waals surface area contributed by atoms with Gasteiger partial charge >= 0.3 is 29.6 Å². The smallest absolute Gasteiger partial charge is 0.338 e. The van der Waals surface area contributed by atoms with Crippen LogP contribution in [-0.4, -0.2) is 144 Å². The lowest BCUT2D eigenvalue weighted by Crippen LogP contribution is -2.48. The number of anilines is 1. The van der Waals surface area contributed by atoms with Crippen LogP contribution < -0.4 is 17.0 Å². The van der Waals surface area contributed by atoms with E-state index in [2.05, 4.69) is 83.4 Å². The summed E-state index contributed by atoms with van der Waals surface area (Å²) in [5.74, 6) is -3.35. The summed E-state index contributed by atoms with van der Waals surface area (Å²) in [7, 11) is 11.1. The number of epoxide rings is 1. The topological polar surface area (TPSA) is 267 Å². The van der Waals surface area contributed by atoms with Crippen LogP contribution in [0.1, 0.15) is 65.2 Å². The van der Waals surface area contributed by atoms with E-state index in [1.165, 1.54) is 23.5 Å². The average Bonchev–Trinajstić information content (AvgIpc) is 4.06. The number of pyridine rings is 1. The average molecular weight is 1100 g/mol. The van der Waals surface area contributed by atoms with E-state index in [0.29, 0.717) is 71.4 Å². The van der Waals surface area contributed by atoms with Crippen LogP contribution in [0.5, 0.6) is 0 Å². The molecule has 3 fully saturated rings. The van der Waals surface area contributed by atoms with Crippen molar-refractivity contribution < 1.29 is 48.7 Å². The van der Waals surface area contributed by atoms with Gasteiger partial charge in [0.25, 0.3) is 5.56 Å². The van der Waals surface area contributed by atoms with Crippen LogP contribution in [-0.2, 0) is 49.7 Å². The number of hydrogen-bond donors (Lipinski definition) is 4. The number of nitrogen functional groups attached to an aromatic ring is 1. The molecule has 9 rings (SSSR count). The summed E-state index contributed by atoms with van der Waals surface area (Å²) in [5.41, 5.74) is 10.1. The van der Waals surface area contributed by atoms with Crippen molar-refractivity contribution >= 4 is 57.7 Å². The van der Waals surface area contributed by atoms with Crippen LogP contribution in [0.2, 0.25) is 0 Å². The van der Waals surface area contributed by atoms with E-state index in [0.717, 1.165) is 41.6 Å². The number of hydrogen-bond acceptors (Lipinski definition) is 15. The van der Waals surface area contributed by atoms with E-state index in [-0.39, 0.29) is 52.9 Å². The number of aliphatic hydroxyl groups is 1. The van der Waals surface area contributed by atoms with Gasteiger partial charge in [0, 0.05) is 81.7 Å². The predicted molar refractivity (Wildman–Crippen MR) is 288 cm³/mol. The predicted octanol–water partition coefficient (Wildman–Crippen LogP) is 4.79. The number of morpholine rings is 1. The fraction of sp³-hybridized carbons (Fsp3) is 0.370. The number of likely N-dealkylation sites (N-methyl/N-ethyl adjacent to an activating group) is 1. The Morgan fingerprint density at radius 3 is 1.87 bits per heavy atom. The summed E-state index contributed by atoms with van der Waals surface area (Å²) in [6, 6.07) is 33.5. The molecule has 3 saturated heterocycles. The summed E-state index contributed by atoms with van der Waals surface area (Å²) in [4.78, 5) is 78.9. The molecule has 75 heavy (non-hydrogen) atoms. The number of carbonyl (C=O) groups is 4. The second-order valence-electron chi connectivity index (χ2n) is 17.9. The van der Waals surface area contributed by atoms with E-state index >= 15 is 0 Å². The molecule has 0 aliphatic carbocycles. The molecule has 5 N–H and O–H groups in total. The molecule has 0 saturated carbocycles. The number of esters is 2. The highest BCUT2D eigenvalue weighted by molar-refractivity contribution is 8.93. The van der Waals surface area contributed by atoms with Crippen molar-refractivity contribution in [2.75, 3.05) is 46.6 Å². The Morgan fingerprint density at radius 2 is 1.36 bits per heavy atom. The number of aliphatic hydroxyl groups excluding tert-OH is 1. The number of aryl methyl sites for hydroxylation is 2. The molecule has 20 nitrogen and oxygen atoms in total. The van der Waals surface area contributed by atoms with Crippen molar-refractivity contribution in [2.45, 2.75) is 68.4 Å². The van der Waals surface area contributed by atoms with Gasteiger partial charge in [0.2, 0.25) is 0 Å². The van der Waals surface area contributed by atoms with E-state index < -0.39 is 17.9 Å². The molecule has 402 valence electrons. The number of carboxylic acid groups (broad SMARTS) is 2. The highest BCUT2D eigenvalue weighted by atomic mass is 79.9. The van der Waals surface area contributed by atoms with Crippen molar-refractivity contribution in [1.29, 1.82) is 0 Å². The number of aliphatic carboxylic acids is 2. The lowest BCUT2D eigenvalue weighted by atomic mass is 9.92. The number of aromatic nitrogens is 5. The number of nitrogens with zero attached hydrogens (tertiary/aromatic N) is 7. The minimum absolute atomic E-state index is 0. The van der Waals surface area contributed by atoms with Crippen LogP contribution in [0.3, 0.4) is 0 Å². The van der Waals surface area contributed by atoms with E-state index in [1.54, 1.807) is 49.9 Å². The molecule has 0 spiro atoms. The van der Waals surface area contributed by atoms with Crippen LogP contribution in [0.4, 0.5) is 5.69 Å². The Hall–Kier alpha value is -7.30. The van der Waals surface area contributed by atoms with E-state index in [4.69, 9.17) is 30.2 Å². The van der Waals surface area contributed by atoms with Crippen molar-refractivity contribution in [3.63, 3.8) is 0 Å². The van der Waals surface area contributed by atoms with Gasteiger partial charge in [0.15, 0.2) is 11.2 Å². The molecule has 0 amide bonds. The normalized spacial score (nSPS) is 18.6. The standard InChI is InChI=1S/C17H21NO4.C16H20N2.C9H11NO2.C8H10N4O2.C4H4O4.BrH/c1-18-13-7-11(8-14(18)16-15(13)22-16)21-17(20)12(9-19)10-5-3-2-4-6-10;1-18(2)13-11-15(14-8-4-3-5-9-14)16-10-6-7-12-17-16;1-2-12-9(11)7-3-5-8(10)6-4-7;1-10-4-9-6-5(10)7(13)12(3)8(14)11(6)2;5-3(6)1-2-4(7)8;/h2-6,11-16,19H,7-9H2,1H3;3-10,12,15H,11,13H2,1-2H3;3-6H,2,10H2,1H3;4H,1-3H3;1-2H,(H,5,6)(H,7,8);1H/b;;;;2-1+;/t11?,12-,13-,14+,15+,16-;;;;;/m1...../s1. The Balaban J connectivity index is 0.000000210. The number of ether oxygens (including phenoxy) is 3. The fourth-order valence-corrected chi connectivity index (χ4v) is 8.63. The molecule has 2 unspecified atom stereocenters. The molecule has 3 aliphatic rings. The Labute approximate surface area is 445 Å². The zero-order chi connectivity index (χ0) is 54.1. The molecule has 3 aromatic carbocycles. The highest BCUT2D eigenvalue weighted by Gasteiger charge is 2.63. The minimum Gasteiger partial charge on any atom is -0.478 e. The molecular weight excluding hydrogens is 1030 g/mol. The SMILES string of the molecule is Br.CCOC(=O)c1ccc(N)cc1.CN(C)CCC(c1ccccc1)c1ccccn1.CN1[C@@H]2CC(OC(=O)[C@H](CO)c3ccccc3)C[C@H]1[C@H]1O[C@H]12.Cn1c(=O)c2c(ncn2C)n(C)c1=O.O=C(O)/C=C/C(=O)O. The largest absolute Gasteiger partial charge is 0.478 e. The summed E-state index contributed by atoms with van der Waals surface area (Å²) >= 11 is 0. The van der Waals surface area contributed by atoms with Gasteiger partial charge in [-0.25, -0.2) is 24.2 Å². The number of halogens is 1. The van der Waals surface area contributed by atoms with Gasteiger partial charge in [-0.05, 0) is 88.6 Å². The van der Waals surface area contributed by atoms with Crippen LogP contribution in [0.25, 0.3) is 11.2 Å². The Kier molecular flexibility index (Phi) is 23.3. The number of benzene rings is 3. The first-order valence-corrected chi connectivity index (χ1v) is 23.9. The van der Waals surface area contributed by atoms with Gasteiger partial charge in [-0.3, -0.25) is 28.6 Å². The Bertz CT molecular complexity index is 2860. The third-order valence-electron chi connectivity index (χ3n) is 12.5. The van der Waals surface area contributed by atoms with Crippen LogP contribution in [0, 0.1) is 0 Å². The van der Waals surface area contributed by atoms with Gasteiger partial charge in [-0.1, -0.05) is 66.7 Å². The van der Waals surface area contributed by atoms with Gasteiger partial charge in [-0.2, -0.15) is 0 Å². The number of fused-ring (bicyclic) bond motifs is 6. The quantitative estimate of drug-likeness (QED) is 0.0524. The van der Waals surface area contributed by atoms with Crippen LogP contribution in [0.15, 0.2) is 137 Å². The fourth-order valence-electron chi connectivity index (χ4n) is 8.63. The van der Waals surface area contributed by atoms with Crippen molar-refractivity contribution in [3.05, 3.63) is 171 Å². The molecule has 3 aliphatic heterocycles. The number of carboxylic acids is 2. The second-order valence-corrected chi connectivity index (χ2v) is 17.9. The summed E-state index contributed by atoms with van der Waals surface area (Å²) < 4.78 is 20.2. The molecule has 0 radical (unpaired) electrons. The molecule has 6 heterocycles. The van der Waals surface area contributed by atoms with Gasteiger partial charge in [0.05, 0.1) is 25.1 Å². The zero-order valence-corrected chi connectivity index (χ0v) is 44.8. The lowest BCUT2D eigenvalue weighted by molar-refractivity contribution is -0.156. The molecule has 2 bridgehead atoms. The highest BCUT2D eigenvalue weighted by Crippen LogP contribution is 2.48. The van der Waals surface area contributed by atoms with Crippen LogP contribution >= 0.6 is 17.0 Å². The second kappa shape index (κ2) is 29.0. The molecule has 7 atom stereocenters. The first-order valence-electron chi connectivity index (χ1n) is 23.9. The maximum atomic E-state index is 12.4. The number of nitrogens with two attached hydrogens (primary N) is 1. The molecule has 3 aromatic heterocycles. The maximum Gasteiger partial charge on any atom is 0.338 e. The first kappa shape index (κ1) is 60.3. The van der Waals surface area contributed by atoms with Gasteiger partial charge in [0.1, 0.15) is 24.2 Å². The first-order chi connectivity index (χ1) is 35.4. The summed E-state index contributed by atoms with van der Waals surface area (Å²) in [6.07, 6.45) is 7.86. The number of rotatable bonds is 13. The zero-order valence-electron chi connectivity index (χ0n) is 43.0. The summed E-state index contributed by atoms with van der Waals surface area (Å²) in [5, 5.41) is 25.2. The lowest BCUT2D eigenvalue weighted by Gasteiger charge is -2.38. The number of piperidine rings is 1. The number of carbonyl (C=O) groups excluding carboxylic acids is 2. The third kappa shape index (κ3) is 16.9. The van der Waals surface area contributed by atoms with Crippen molar-refractivity contribution in [1.82, 2.24) is 33.5 Å². The van der Waals surface area contributed by atoms with Crippen molar-refractivity contribution in [2.24, 2.45) is 21.1 Å².